The molecule has 362 valence electrons. The van der Waals surface area contributed by atoms with Gasteiger partial charge in [0, 0.05) is 19.5 Å². The Labute approximate surface area is 376 Å². The van der Waals surface area contributed by atoms with E-state index in [1.165, 1.54) is 63.2 Å². The molecule has 1 heterocycles. The van der Waals surface area contributed by atoms with E-state index in [9.17, 15) is 43.5 Å². The minimum atomic E-state index is -1.52. The first-order valence-electron chi connectivity index (χ1n) is 23.8. The minimum Gasteiger partial charge on any atom is -0.391 e. The molecule has 0 aliphatic carbocycles. The number of carbonyl (C=O) groups is 8. The van der Waals surface area contributed by atoms with Gasteiger partial charge in [-0.1, -0.05) is 85.0 Å². The molecule has 0 aromatic carbocycles. The van der Waals surface area contributed by atoms with Crippen molar-refractivity contribution in [2.45, 2.75) is 199 Å². The number of nitrogens with two attached hydrogens (primary N) is 2. The van der Waals surface area contributed by atoms with Crippen molar-refractivity contribution in [3.63, 3.8) is 0 Å². The van der Waals surface area contributed by atoms with E-state index in [2.05, 4.69) is 38.8 Å². The van der Waals surface area contributed by atoms with Gasteiger partial charge < -0.3 is 58.2 Å². The van der Waals surface area contributed by atoms with Crippen molar-refractivity contribution in [2.75, 3.05) is 32.7 Å². The van der Waals surface area contributed by atoms with E-state index < -0.39 is 72.4 Å². The van der Waals surface area contributed by atoms with E-state index in [1.807, 2.05) is 13.8 Å². The molecule has 11 N–H and O–H groups in total. The van der Waals surface area contributed by atoms with Gasteiger partial charge in [-0.3, -0.25) is 33.6 Å². The highest BCUT2D eigenvalue weighted by molar-refractivity contribution is 5.96. The van der Waals surface area contributed by atoms with Crippen LogP contribution in [0.25, 0.3) is 0 Å². The number of likely N-dealkylation sites (tertiary alicyclic amines) is 1. The number of unbranched alkanes of at least 4 members (excludes halogenated alkanes) is 12. The normalized spacial score (nSPS) is 16.0. The minimum absolute atomic E-state index is 0.0559. The molecule has 1 aliphatic rings. The maximum absolute atomic E-state index is 14.0. The zero-order valence-electron chi connectivity index (χ0n) is 38.8. The second-order valence-corrected chi connectivity index (χ2v) is 17.4. The zero-order chi connectivity index (χ0) is 47.0. The predicted octanol–water partition coefficient (Wildman–Crippen LogP) is 1.73. The van der Waals surface area contributed by atoms with Crippen molar-refractivity contribution in [3.05, 3.63) is 0 Å². The second kappa shape index (κ2) is 34.3. The van der Waals surface area contributed by atoms with Crippen LogP contribution in [-0.2, 0) is 38.4 Å². The predicted molar refractivity (Wildman–Crippen MR) is 243 cm³/mol. The first-order chi connectivity index (χ1) is 30.2. The van der Waals surface area contributed by atoms with Crippen LogP contribution >= 0.6 is 0 Å². The quantitative estimate of drug-likeness (QED) is 0.0323. The first kappa shape index (κ1) is 56.9. The lowest BCUT2D eigenvalue weighted by Crippen LogP contribution is -2.60. The summed E-state index contributed by atoms with van der Waals surface area (Å²) >= 11 is 0. The number of hydrogen-bond donors (Lipinski definition) is 9. The third-order valence-corrected chi connectivity index (χ3v) is 11.2. The summed E-state index contributed by atoms with van der Waals surface area (Å²) in [6.07, 6.45) is 16.1. The molecule has 0 aromatic rings. The number of aliphatic hydroxyl groups is 1. The molecule has 18 heteroatoms. The van der Waals surface area contributed by atoms with Crippen LogP contribution in [0.2, 0.25) is 0 Å². The van der Waals surface area contributed by atoms with Crippen LogP contribution in [0.1, 0.15) is 163 Å². The van der Waals surface area contributed by atoms with Crippen LogP contribution in [0.5, 0.6) is 0 Å². The van der Waals surface area contributed by atoms with Gasteiger partial charge in [0.1, 0.15) is 30.5 Å². The molecular formula is C45H83N9O9. The summed E-state index contributed by atoms with van der Waals surface area (Å²) in [7, 11) is 0. The molecule has 6 atom stereocenters. The summed E-state index contributed by atoms with van der Waals surface area (Å²) in [5.41, 5.74) is 11.9. The van der Waals surface area contributed by atoms with Gasteiger partial charge in [-0.05, 0) is 83.6 Å². The summed E-state index contributed by atoms with van der Waals surface area (Å²) in [4.78, 5) is 104. The fourth-order valence-electron chi connectivity index (χ4n) is 7.59. The highest BCUT2D eigenvalue weighted by atomic mass is 16.3. The molecule has 0 spiro atoms. The zero-order valence-corrected chi connectivity index (χ0v) is 38.8. The molecule has 0 saturated carbocycles. The van der Waals surface area contributed by atoms with E-state index in [0.717, 1.165) is 19.3 Å². The maximum Gasteiger partial charge on any atom is 0.245 e. The second-order valence-electron chi connectivity index (χ2n) is 17.4. The van der Waals surface area contributed by atoms with Gasteiger partial charge in [-0.2, -0.15) is 0 Å². The number of hydrogen-bond acceptors (Lipinski definition) is 11. The molecule has 0 aromatic heterocycles. The Morgan fingerprint density at radius 2 is 1.30 bits per heavy atom. The molecule has 63 heavy (non-hydrogen) atoms. The Balaban J connectivity index is 3.00. The number of rotatable bonds is 36. The highest BCUT2D eigenvalue weighted by Gasteiger charge is 2.38. The van der Waals surface area contributed by atoms with E-state index in [1.54, 1.807) is 0 Å². The number of amides is 7. The first-order valence-corrected chi connectivity index (χ1v) is 23.8. The van der Waals surface area contributed by atoms with Crippen LogP contribution in [0.3, 0.4) is 0 Å². The molecule has 0 unspecified atom stereocenters. The Morgan fingerprint density at radius 3 is 1.89 bits per heavy atom. The molecule has 1 saturated heterocycles. The van der Waals surface area contributed by atoms with Crippen LogP contribution in [0.4, 0.5) is 0 Å². The number of aliphatic hydroxyl groups excluding tert-OH is 1. The maximum atomic E-state index is 14.0. The standard InChI is InChI=1S/C45H83N9O9/c1-5-6-7-8-9-10-11-12-13-14-15-24-38(57)48-26-19-17-22-36(42(60)53-40(33(4)56)44(62)50-31-39(58)49-27-29-55)51-41(59)35(21-16-18-25-46)52-43(61)37-23-20-28-54(37)45(63)34(47)30-32(2)3/h29,32-37,40,56H,5-28,30-31,46-47H2,1-4H3,(H,48,57)(H,49,58)(H,50,62)(H,51,59)(H,52,61)(H,53,60)/t33-,34+,35+,36+,37+,40+/m1/s1. The fraction of sp³-hybridized carbons (Fsp3) is 0.822. The van der Waals surface area contributed by atoms with Gasteiger partial charge in [0.25, 0.3) is 0 Å². The van der Waals surface area contributed by atoms with Crippen molar-refractivity contribution < 1.29 is 43.5 Å². The summed E-state index contributed by atoms with van der Waals surface area (Å²) in [6, 6.07) is -5.44. The molecule has 0 radical (unpaired) electrons. The SMILES string of the molecule is CCCCCCCCCCCCCC(=O)NCCCC[C@H](NC(=O)[C@H](CCCCN)NC(=O)[C@@H]1CCCN1C(=O)[C@@H](N)CC(C)C)C(=O)N[C@H](C(=O)NCC(=O)NCC=O)[C@@H](C)O. The van der Waals surface area contributed by atoms with Crippen LogP contribution in [0.15, 0.2) is 0 Å². The Kier molecular flexibility index (Phi) is 30.9. The van der Waals surface area contributed by atoms with E-state index in [4.69, 9.17) is 11.5 Å². The van der Waals surface area contributed by atoms with Crippen LogP contribution in [-0.4, -0.2) is 127 Å². The van der Waals surface area contributed by atoms with Gasteiger partial charge >= 0.3 is 0 Å². The Morgan fingerprint density at radius 1 is 0.714 bits per heavy atom. The lowest BCUT2D eigenvalue weighted by Gasteiger charge is -2.29. The van der Waals surface area contributed by atoms with Crippen molar-refractivity contribution in [2.24, 2.45) is 17.4 Å². The van der Waals surface area contributed by atoms with E-state index in [-0.39, 0.29) is 37.1 Å². The van der Waals surface area contributed by atoms with Crippen molar-refractivity contribution in [1.29, 1.82) is 0 Å². The summed E-state index contributed by atoms with van der Waals surface area (Å²) in [5, 5.41) is 26.0. The molecule has 0 bridgehead atoms. The molecule has 18 nitrogen and oxygen atoms in total. The van der Waals surface area contributed by atoms with Crippen LogP contribution in [0, 0.1) is 5.92 Å². The number of nitrogens with one attached hydrogen (secondary N) is 6. The molecule has 1 rings (SSSR count). The summed E-state index contributed by atoms with van der Waals surface area (Å²) in [6.45, 7) is 7.69. The average Bonchev–Trinajstić information content (AvgIpc) is 3.74. The number of aldehydes is 1. The van der Waals surface area contributed by atoms with Gasteiger partial charge in [0.2, 0.25) is 41.4 Å². The fourth-order valence-corrected chi connectivity index (χ4v) is 7.59. The lowest BCUT2D eigenvalue weighted by molar-refractivity contribution is -0.141. The van der Waals surface area contributed by atoms with Crippen LogP contribution < -0.4 is 43.4 Å². The highest BCUT2D eigenvalue weighted by Crippen LogP contribution is 2.21. The van der Waals surface area contributed by atoms with Gasteiger partial charge in [0.05, 0.1) is 25.2 Å². The molecule has 7 amide bonds. The van der Waals surface area contributed by atoms with E-state index in [0.29, 0.717) is 77.3 Å². The Hall–Kier alpha value is -4.16. The van der Waals surface area contributed by atoms with Crippen molar-refractivity contribution >= 4 is 47.6 Å². The largest absolute Gasteiger partial charge is 0.391 e. The van der Waals surface area contributed by atoms with Crippen molar-refractivity contribution in [1.82, 2.24) is 36.8 Å². The van der Waals surface area contributed by atoms with Gasteiger partial charge in [-0.15, -0.1) is 0 Å². The summed E-state index contributed by atoms with van der Waals surface area (Å²) in [5.74, 6) is -3.72. The lowest BCUT2D eigenvalue weighted by atomic mass is 10.0. The summed E-state index contributed by atoms with van der Waals surface area (Å²) < 4.78 is 0. The monoisotopic (exact) mass is 894 g/mol. The third-order valence-electron chi connectivity index (χ3n) is 11.2. The van der Waals surface area contributed by atoms with E-state index >= 15 is 0 Å². The van der Waals surface area contributed by atoms with Gasteiger partial charge in [-0.25, -0.2) is 0 Å². The number of nitrogens with zero attached hydrogens (tertiary/aromatic N) is 1. The van der Waals surface area contributed by atoms with Gasteiger partial charge in [0.15, 0.2) is 0 Å². The topological polar surface area (TPSA) is 284 Å². The molecule has 1 fully saturated rings. The number of carbonyl (C=O) groups excluding carboxylic acids is 8. The molecule has 1 aliphatic heterocycles. The smallest absolute Gasteiger partial charge is 0.245 e. The third kappa shape index (κ3) is 25.1. The van der Waals surface area contributed by atoms with Crippen molar-refractivity contribution in [3.8, 4) is 0 Å². The average molecular weight is 894 g/mol. The Bertz CT molecular complexity index is 1380. The molecular weight excluding hydrogens is 811 g/mol.